The molecule has 1 fully saturated rings. The number of nitrogens with zero attached hydrogens (tertiary/aromatic N) is 1. The van der Waals surface area contributed by atoms with Crippen molar-refractivity contribution in [3.8, 4) is 5.75 Å². The molecular formula is C20H19NO5. The number of phenolic OH excluding ortho intramolecular Hbond substituents is 1. The Balaban J connectivity index is 1.62. The third kappa shape index (κ3) is 3.59. The molecule has 2 aromatic rings. The molecule has 1 N–H and O–H groups in total. The number of Topliss-reactive ketones (excluding diaryl/α,β-unsaturated/α-hetero) is 1. The summed E-state index contributed by atoms with van der Waals surface area (Å²) in [5.74, 6) is -1.18. The minimum Gasteiger partial charge on any atom is -0.507 e. The molecule has 0 bridgehead atoms. The van der Waals surface area contributed by atoms with Gasteiger partial charge in [-0.3, -0.25) is 9.59 Å². The average Bonchev–Trinajstić information content (AvgIpc) is 3.08. The van der Waals surface area contributed by atoms with E-state index in [0.717, 1.165) is 12.1 Å². The van der Waals surface area contributed by atoms with Crippen LogP contribution < -0.4 is 4.90 Å². The van der Waals surface area contributed by atoms with Crippen LogP contribution in [0.1, 0.15) is 39.1 Å². The molecule has 1 heterocycles. The number of anilines is 1. The number of carbonyl (C=O) groups is 3. The van der Waals surface area contributed by atoms with Crippen molar-refractivity contribution in [3.05, 3.63) is 59.2 Å². The molecule has 26 heavy (non-hydrogen) atoms. The average molecular weight is 353 g/mol. The summed E-state index contributed by atoms with van der Waals surface area (Å²) in [5, 5.41) is 9.89. The maximum Gasteiger partial charge on any atom is 0.342 e. The molecule has 0 saturated carbocycles. The molecule has 134 valence electrons. The number of para-hydroxylation sites is 1. The number of hydrogen-bond acceptors (Lipinski definition) is 5. The number of esters is 1. The number of amides is 1. The van der Waals surface area contributed by atoms with Gasteiger partial charge in [0.05, 0.1) is 0 Å². The van der Waals surface area contributed by atoms with E-state index in [0.29, 0.717) is 24.1 Å². The maximum absolute atomic E-state index is 12.2. The van der Waals surface area contributed by atoms with Crippen molar-refractivity contribution in [1.82, 2.24) is 0 Å². The van der Waals surface area contributed by atoms with E-state index in [2.05, 4.69) is 0 Å². The summed E-state index contributed by atoms with van der Waals surface area (Å²) in [6.45, 7) is 1.93. The minimum atomic E-state index is -0.751. The van der Waals surface area contributed by atoms with E-state index < -0.39 is 12.6 Å². The van der Waals surface area contributed by atoms with E-state index in [9.17, 15) is 19.5 Å². The SMILES string of the molecule is Cc1cccc(C(=O)OCC(=O)c2ccc(N3CCCC3=O)cc2)c1O. The highest BCUT2D eigenvalue weighted by molar-refractivity contribution is 6.01. The van der Waals surface area contributed by atoms with Crippen LogP contribution in [-0.4, -0.2) is 35.9 Å². The molecule has 0 unspecified atom stereocenters. The zero-order chi connectivity index (χ0) is 18.7. The molecule has 0 spiro atoms. The summed E-state index contributed by atoms with van der Waals surface area (Å²) in [4.78, 5) is 37.7. The molecule has 6 nitrogen and oxygen atoms in total. The summed E-state index contributed by atoms with van der Waals surface area (Å²) >= 11 is 0. The number of benzene rings is 2. The number of rotatable bonds is 5. The van der Waals surface area contributed by atoms with Crippen LogP contribution in [0.25, 0.3) is 0 Å². The standard InChI is InChI=1S/C20H19NO5/c1-13-4-2-5-16(19(13)24)20(25)26-12-17(22)14-7-9-15(10-8-14)21-11-3-6-18(21)23/h2,4-5,7-10,24H,3,6,11-12H2,1H3. The summed E-state index contributed by atoms with van der Waals surface area (Å²) in [5.41, 5.74) is 1.73. The van der Waals surface area contributed by atoms with Gasteiger partial charge in [-0.1, -0.05) is 12.1 Å². The van der Waals surface area contributed by atoms with Crippen molar-refractivity contribution in [2.75, 3.05) is 18.1 Å². The van der Waals surface area contributed by atoms with E-state index >= 15 is 0 Å². The Kier molecular flexibility index (Phi) is 5.02. The Bertz CT molecular complexity index is 857. The Morgan fingerprint density at radius 2 is 1.88 bits per heavy atom. The van der Waals surface area contributed by atoms with Crippen LogP contribution in [-0.2, 0) is 9.53 Å². The van der Waals surface area contributed by atoms with Gasteiger partial charge in [0.2, 0.25) is 5.91 Å². The minimum absolute atomic E-state index is 0.0284. The fourth-order valence-electron chi connectivity index (χ4n) is 2.86. The van der Waals surface area contributed by atoms with Gasteiger partial charge in [-0.25, -0.2) is 4.79 Å². The lowest BCUT2D eigenvalue weighted by molar-refractivity contribution is -0.117. The van der Waals surface area contributed by atoms with Gasteiger partial charge in [0, 0.05) is 24.2 Å². The van der Waals surface area contributed by atoms with Crippen molar-refractivity contribution >= 4 is 23.3 Å². The second-order valence-corrected chi connectivity index (χ2v) is 6.17. The molecule has 1 aliphatic rings. The molecule has 1 aliphatic heterocycles. The molecule has 1 amide bonds. The largest absolute Gasteiger partial charge is 0.507 e. The molecular weight excluding hydrogens is 334 g/mol. The van der Waals surface area contributed by atoms with Gasteiger partial charge in [0.1, 0.15) is 11.3 Å². The van der Waals surface area contributed by atoms with E-state index in [1.807, 2.05) is 0 Å². The Morgan fingerprint density at radius 1 is 1.15 bits per heavy atom. The van der Waals surface area contributed by atoms with Crippen LogP contribution in [0.15, 0.2) is 42.5 Å². The first-order valence-corrected chi connectivity index (χ1v) is 8.36. The van der Waals surface area contributed by atoms with Crippen LogP contribution in [0.3, 0.4) is 0 Å². The number of aromatic hydroxyl groups is 1. The Morgan fingerprint density at radius 3 is 2.54 bits per heavy atom. The van der Waals surface area contributed by atoms with Gasteiger partial charge in [-0.15, -0.1) is 0 Å². The van der Waals surface area contributed by atoms with Gasteiger partial charge in [-0.2, -0.15) is 0 Å². The third-order valence-corrected chi connectivity index (χ3v) is 4.37. The Labute approximate surface area is 151 Å². The second-order valence-electron chi connectivity index (χ2n) is 6.17. The van der Waals surface area contributed by atoms with E-state index in [-0.39, 0.29) is 23.0 Å². The number of ether oxygens (including phenoxy) is 1. The second kappa shape index (κ2) is 7.39. The fraction of sp³-hybridized carbons (Fsp3) is 0.250. The summed E-state index contributed by atoms with van der Waals surface area (Å²) in [7, 11) is 0. The number of hydrogen-bond donors (Lipinski definition) is 1. The van der Waals surface area contributed by atoms with Gasteiger partial charge >= 0.3 is 5.97 Å². The smallest absolute Gasteiger partial charge is 0.342 e. The number of carbonyl (C=O) groups excluding carboxylic acids is 3. The highest BCUT2D eigenvalue weighted by Gasteiger charge is 2.22. The molecule has 0 aromatic heterocycles. The van der Waals surface area contributed by atoms with Crippen LogP contribution in [0.4, 0.5) is 5.69 Å². The quantitative estimate of drug-likeness (QED) is 0.660. The topological polar surface area (TPSA) is 83.9 Å². The van der Waals surface area contributed by atoms with E-state index in [1.54, 1.807) is 48.2 Å². The van der Waals surface area contributed by atoms with E-state index in [4.69, 9.17) is 4.74 Å². The van der Waals surface area contributed by atoms with Crippen molar-refractivity contribution < 1.29 is 24.2 Å². The van der Waals surface area contributed by atoms with Crippen LogP contribution in [0.2, 0.25) is 0 Å². The molecule has 0 atom stereocenters. The van der Waals surface area contributed by atoms with Gasteiger partial charge < -0.3 is 14.7 Å². The molecule has 0 aliphatic carbocycles. The van der Waals surface area contributed by atoms with Crippen molar-refractivity contribution in [1.29, 1.82) is 0 Å². The molecule has 6 heteroatoms. The zero-order valence-corrected chi connectivity index (χ0v) is 14.4. The summed E-state index contributed by atoms with van der Waals surface area (Å²) in [6.07, 6.45) is 1.38. The Hall–Kier alpha value is -3.15. The fourth-order valence-corrected chi connectivity index (χ4v) is 2.86. The molecule has 3 rings (SSSR count). The molecule has 0 radical (unpaired) electrons. The normalized spacial score (nSPS) is 13.7. The lowest BCUT2D eigenvalue weighted by atomic mass is 10.1. The van der Waals surface area contributed by atoms with Gasteiger partial charge in [0.25, 0.3) is 0 Å². The molecule has 1 saturated heterocycles. The number of aryl methyl sites for hydroxylation is 1. The summed E-state index contributed by atoms with van der Waals surface area (Å²) in [6, 6.07) is 11.4. The van der Waals surface area contributed by atoms with Crippen LogP contribution in [0.5, 0.6) is 5.75 Å². The monoisotopic (exact) mass is 353 g/mol. The van der Waals surface area contributed by atoms with Crippen molar-refractivity contribution in [3.63, 3.8) is 0 Å². The van der Waals surface area contributed by atoms with E-state index in [1.165, 1.54) is 6.07 Å². The first kappa shape index (κ1) is 17.7. The summed E-state index contributed by atoms with van der Waals surface area (Å²) < 4.78 is 5.01. The van der Waals surface area contributed by atoms with Crippen LogP contribution >= 0.6 is 0 Å². The highest BCUT2D eigenvalue weighted by atomic mass is 16.5. The highest BCUT2D eigenvalue weighted by Crippen LogP contribution is 2.23. The predicted molar refractivity (Wildman–Crippen MR) is 95.5 cm³/mol. The number of phenols is 1. The zero-order valence-electron chi connectivity index (χ0n) is 14.4. The van der Waals surface area contributed by atoms with Gasteiger partial charge in [-0.05, 0) is 49.2 Å². The molecule has 2 aromatic carbocycles. The van der Waals surface area contributed by atoms with Gasteiger partial charge in [0.15, 0.2) is 12.4 Å². The first-order chi connectivity index (χ1) is 12.5. The van der Waals surface area contributed by atoms with Crippen LogP contribution in [0, 0.1) is 6.92 Å². The first-order valence-electron chi connectivity index (χ1n) is 8.36. The van der Waals surface area contributed by atoms with Crippen molar-refractivity contribution in [2.45, 2.75) is 19.8 Å². The van der Waals surface area contributed by atoms with Crippen molar-refractivity contribution in [2.24, 2.45) is 0 Å². The maximum atomic E-state index is 12.2. The number of ketones is 1. The lowest BCUT2D eigenvalue weighted by Gasteiger charge is -2.15. The predicted octanol–water partition coefficient (Wildman–Crippen LogP) is 2.87. The third-order valence-electron chi connectivity index (χ3n) is 4.37. The lowest BCUT2D eigenvalue weighted by Crippen LogP contribution is -2.23.